The maximum Gasteiger partial charge on any atom is 0.322 e. The van der Waals surface area contributed by atoms with Crippen LogP contribution in [0.1, 0.15) is 150 Å². The number of likely N-dealkylation sites (tertiary alicyclic amines) is 4. The van der Waals surface area contributed by atoms with E-state index in [2.05, 4.69) is 70.8 Å². The molecular formula is C72H112N18O23S. The summed E-state index contributed by atoms with van der Waals surface area (Å²) in [7, 11) is 0. The molecule has 0 aromatic heterocycles. The molecule has 5 rings (SSSR count). The van der Waals surface area contributed by atoms with Gasteiger partial charge in [0, 0.05) is 57.7 Å². The van der Waals surface area contributed by atoms with Crippen molar-refractivity contribution in [2.24, 2.45) is 34.0 Å². The van der Waals surface area contributed by atoms with E-state index in [1.807, 2.05) is 6.92 Å². The summed E-state index contributed by atoms with van der Waals surface area (Å²) in [5, 5.41) is 84.5. The van der Waals surface area contributed by atoms with Crippen molar-refractivity contribution < 1.29 is 112 Å². The summed E-state index contributed by atoms with van der Waals surface area (Å²) in [6, 6.07) is -12.9. The zero-order valence-electron chi connectivity index (χ0n) is 64.8. The number of nitrogens with zero attached hydrogens (tertiary/aromatic N) is 5. The molecule has 1 aromatic carbocycles. The van der Waals surface area contributed by atoms with Gasteiger partial charge in [0.1, 0.15) is 84.8 Å². The van der Waals surface area contributed by atoms with Crippen LogP contribution in [0.5, 0.6) is 5.75 Å². The Labute approximate surface area is 664 Å². The van der Waals surface area contributed by atoms with E-state index in [-0.39, 0.29) is 133 Å². The number of carbonyl (C=O) groups excluding carboxylic acids is 14. The normalized spacial score (nSPS) is 19.7. The summed E-state index contributed by atoms with van der Waals surface area (Å²) in [6.45, 7) is 7.73. The number of phenolic OH excluding ortho intramolecular Hbond substituents is 1. The van der Waals surface area contributed by atoms with Gasteiger partial charge in [-0.15, -0.1) is 0 Å². The highest BCUT2D eigenvalue weighted by molar-refractivity contribution is 7.80. The summed E-state index contributed by atoms with van der Waals surface area (Å²) >= 11 is 4.34. The van der Waals surface area contributed by atoms with Gasteiger partial charge in [0.2, 0.25) is 82.7 Å². The number of carbonyl (C=O) groups is 17. The third kappa shape index (κ3) is 28.3. The number of hydrogen-bond donors (Lipinski definition) is 20. The van der Waals surface area contributed by atoms with E-state index in [1.165, 1.54) is 36.1 Å². The summed E-state index contributed by atoms with van der Waals surface area (Å²) < 4.78 is 0. The van der Waals surface area contributed by atoms with Gasteiger partial charge in [-0.25, -0.2) is 0 Å². The molecule has 4 heterocycles. The summed E-state index contributed by atoms with van der Waals surface area (Å²) in [4.78, 5) is 240. The number of guanidine groups is 1. The second-order valence-corrected chi connectivity index (χ2v) is 29.7. The molecule has 0 spiro atoms. The van der Waals surface area contributed by atoms with Crippen LogP contribution in [0.15, 0.2) is 29.3 Å². The number of carboxylic acids is 3. The van der Waals surface area contributed by atoms with E-state index >= 15 is 0 Å². The third-order valence-corrected chi connectivity index (χ3v) is 20.5. The van der Waals surface area contributed by atoms with Crippen molar-refractivity contribution in [2.45, 2.75) is 241 Å². The van der Waals surface area contributed by atoms with Gasteiger partial charge < -0.3 is 121 Å². The van der Waals surface area contributed by atoms with Crippen LogP contribution in [-0.4, -0.2) is 299 Å². The lowest BCUT2D eigenvalue weighted by molar-refractivity contribution is -0.145. The second-order valence-electron chi connectivity index (χ2n) is 29.4. The Bertz CT molecular complexity index is 3640. The largest absolute Gasteiger partial charge is 0.508 e. The van der Waals surface area contributed by atoms with Gasteiger partial charge in [-0.1, -0.05) is 46.2 Å². The Hall–Kier alpha value is -10.5. The molecule has 4 saturated heterocycles. The molecule has 1 aromatic rings. The fourth-order valence-electron chi connectivity index (χ4n) is 13.7. The predicted molar refractivity (Wildman–Crippen MR) is 408 cm³/mol. The van der Waals surface area contributed by atoms with Crippen LogP contribution in [0.25, 0.3) is 0 Å². The number of benzene rings is 1. The molecule has 42 heteroatoms. The quantitative estimate of drug-likeness (QED) is 0.0125. The maximum absolute atomic E-state index is 14.7. The number of nitrogens with one attached hydrogen (secondary N) is 10. The number of aliphatic carboxylic acids is 3. The maximum atomic E-state index is 14.7. The monoisotopic (exact) mass is 1630 g/mol. The number of aliphatic imine (C=N–C) groups is 1. The molecule has 4 aliphatic rings. The molecule has 0 aliphatic carbocycles. The van der Waals surface area contributed by atoms with Gasteiger partial charge in [-0.3, -0.25) is 86.5 Å². The number of aliphatic hydroxyl groups excluding tert-OH is 2. The van der Waals surface area contributed by atoms with Crippen molar-refractivity contribution in [2.75, 3.05) is 51.6 Å². The summed E-state index contributed by atoms with van der Waals surface area (Å²) in [5.41, 5.74) is 17.6. The van der Waals surface area contributed by atoms with Gasteiger partial charge >= 0.3 is 17.9 Å². The highest BCUT2D eigenvalue weighted by Gasteiger charge is 2.46. The Morgan fingerprint density at radius 3 is 1.36 bits per heavy atom. The van der Waals surface area contributed by atoms with Crippen molar-refractivity contribution in [3.63, 3.8) is 0 Å². The molecule has 114 heavy (non-hydrogen) atoms. The fourth-order valence-corrected chi connectivity index (χ4v) is 14.0. The third-order valence-electron chi connectivity index (χ3n) is 20.1. The van der Waals surface area contributed by atoms with E-state index < -0.39 is 230 Å². The predicted octanol–water partition coefficient (Wildman–Crippen LogP) is -6.01. The highest BCUT2D eigenvalue weighted by atomic mass is 32.1. The molecule has 4 fully saturated rings. The van der Waals surface area contributed by atoms with Crippen molar-refractivity contribution >= 4 is 119 Å². The second kappa shape index (κ2) is 45.4. The minimum Gasteiger partial charge on any atom is -0.508 e. The lowest BCUT2D eigenvalue weighted by atomic mass is 9.98. The molecule has 634 valence electrons. The molecule has 0 unspecified atom stereocenters. The van der Waals surface area contributed by atoms with E-state index in [4.69, 9.17) is 17.2 Å². The van der Waals surface area contributed by atoms with Crippen LogP contribution in [0.3, 0.4) is 0 Å². The first-order valence-corrected chi connectivity index (χ1v) is 38.8. The van der Waals surface area contributed by atoms with Crippen LogP contribution >= 0.6 is 12.6 Å². The number of rotatable bonds is 44. The minimum atomic E-state index is -1.82. The zero-order valence-corrected chi connectivity index (χ0v) is 65.7. The molecule has 0 bridgehead atoms. The molecule has 16 atom stereocenters. The number of amides is 14. The number of thiol groups is 1. The first-order valence-electron chi connectivity index (χ1n) is 38.2. The average Bonchev–Trinajstić information content (AvgIpc) is 1.64. The number of aliphatic hydroxyl groups is 2. The smallest absolute Gasteiger partial charge is 0.322 e. The van der Waals surface area contributed by atoms with Crippen molar-refractivity contribution in [1.29, 1.82) is 0 Å². The number of hydrogen-bond acceptors (Lipinski definition) is 23. The lowest BCUT2D eigenvalue weighted by Gasteiger charge is -2.33. The van der Waals surface area contributed by atoms with Gasteiger partial charge in [0.05, 0.1) is 24.8 Å². The Balaban J connectivity index is 1.26. The first-order chi connectivity index (χ1) is 53.8. The number of nitrogens with two attached hydrogens (primary N) is 3. The van der Waals surface area contributed by atoms with Gasteiger partial charge in [0.15, 0.2) is 5.96 Å². The Kier molecular flexibility index (Phi) is 37.5. The first kappa shape index (κ1) is 94.1. The molecule has 41 nitrogen and oxygen atoms in total. The number of aromatic hydroxyl groups is 1. The van der Waals surface area contributed by atoms with E-state index in [1.54, 1.807) is 20.8 Å². The molecule has 14 amide bonds. The van der Waals surface area contributed by atoms with Crippen LogP contribution in [-0.2, 0) is 87.9 Å². The SMILES string of the molecule is CC[C@H](C)[C@H](N)C(=O)N1CCC[C@H]1C(=O)N[C@H](C(=O)NCC(=O)N[C@@H](CCC(=O)O)C(=O)N1CCC[C@H]1C(=O)N[C@@H](CS)C(=O)N1CCC[C@H]1C(=O)N[C@@H](CCC(=O)O)C(=O)N1CCC[C@H]1C(=O)N[C@@H](CC(C)C)C(=O)N[C@@H](CCCN=C(N)N)C(=O)N[C@H](C(=O)N[C@@H](Cc1ccc(O)cc1)C(=O)NCC(=O)O)[C@@H](C)O)[C@@H](C)O. The molecule has 0 radical (unpaired) electrons. The van der Waals surface area contributed by atoms with Gasteiger partial charge in [0.25, 0.3) is 0 Å². The number of phenols is 1. The van der Waals surface area contributed by atoms with Crippen LogP contribution in [0, 0.1) is 11.8 Å². The topological polar surface area (TPSA) is 635 Å². The van der Waals surface area contributed by atoms with Gasteiger partial charge in [-0.2, -0.15) is 12.6 Å². The van der Waals surface area contributed by atoms with Crippen molar-refractivity contribution in [1.82, 2.24) is 72.8 Å². The van der Waals surface area contributed by atoms with Gasteiger partial charge in [-0.05, 0) is 127 Å². The average molecular weight is 1630 g/mol. The van der Waals surface area contributed by atoms with Crippen molar-refractivity contribution in [3.05, 3.63) is 29.8 Å². The fraction of sp³-hybridized carbons (Fsp3) is 0.667. The molecule has 22 N–H and O–H groups in total. The standard InChI is InChI=1S/C72H112N18O23S/c1-7-37(4)56(73)71(113)90-30-12-17-51(90)65(107)86-57(38(5)91)66(108)77-33-52(94)79-43(22-24-53(95)96)68(110)87-27-10-16-50(87)64(106)84-47(35-114)70(112)89-29-11-14-48(89)62(104)81-44(23-25-54(97)98)69(111)88-28-9-15-49(88)63(105)82-45(31-36(2)3)61(103)80-42(13-8-26-76-72(74)75)60(102)85-58(39(6)92)67(109)83-46(59(101)78-34-55(99)100)32-40-18-20-41(93)21-19-40/h18-21,36-39,42-51,56-58,91-93,114H,7-17,22-35,73H2,1-6H3,(H,77,108)(H,78,101)(H,79,94)(H,80,103)(H,81,104)(H,82,105)(H,83,109)(H,84,106)(H,85,102)(H,86,107)(H,95,96)(H,97,98)(H,99,100)(H4,74,75,76)/t37-,38+,39+,42-,43-,44-,45-,46-,47-,48-,49-,50-,51-,56-,57-,58-/m0/s1. The van der Waals surface area contributed by atoms with E-state index in [9.17, 15) is 112 Å². The van der Waals surface area contributed by atoms with Crippen LogP contribution in [0.2, 0.25) is 0 Å². The lowest BCUT2D eigenvalue weighted by Crippen LogP contribution is -2.61. The molecule has 4 aliphatic heterocycles. The Morgan fingerprint density at radius 2 is 0.912 bits per heavy atom. The van der Waals surface area contributed by atoms with Crippen molar-refractivity contribution in [3.8, 4) is 5.75 Å². The summed E-state index contributed by atoms with van der Waals surface area (Å²) in [5.74, 6) is -17.9. The van der Waals surface area contributed by atoms with Crippen LogP contribution in [0.4, 0.5) is 0 Å². The summed E-state index contributed by atoms with van der Waals surface area (Å²) in [6.07, 6.45) is -3.97. The molecule has 0 saturated carbocycles. The molecular weight excluding hydrogens is 1520 g/mol. The number of carboxylic acid groups (broad SMARTS) is 3. The highest BCUT2D eigenvalue weighted by Crippen LogP contribution is 2.26. The van der Waals surface area contributed by atoms with E-state index in [0.29, 0.717) is 18.4 Å². The van der Waals surface area contributed by atoms with E-state index in [0.717, 1.165) is 21.6 Å². The minimum absolute atomic E-state index is 0.0136. The van der Waals surface area contributed by atoms with Crippen LogP contribution < -0.4 is 70.4 Å². The zero-order chi connectivity index (χ0) is 85.0. The Morgan fingerprint density at radius 1 is 0.491 bits per heavy atom.